The number of piperazine rings is 1. The Morgan fingerprint density at radius 3 is 2.59 bits per heavy atom. The molecule has 5 heterocycles. The van der Waals surface area contributed by atoms with Crippen molar-refractivity contribution in [2.24, 2.45) is 0 Å². The summed E-state index contributed by atoms with van der Waals surface area (Å²) in [5.41, 5.74) is 3.55. The Kier molecular flexibility index (Phi) is 5.51. The maximum atomic E-state index is 13.0. The number of carbonyl (C=O) groups excluding carboxylic acids is 1. The Morgan fingerprint density at radius 1 is 0.906 bits per heavy atom. The SMILES string of the molecule is CN1CCN(c2cc(C(=O)Cc3cc4nc(-c5cnccn5)ccc4cn3)ccn2)CC1. The fourth-order valence-electron chi connectivity index (χ4n) is 3.80. The molecule has 8 heteroatoms. The first-order valence-electron chi connectivity index (χ1n) is 10.6. The third-order valence-electron chi connectivity index (χ3n) is 5.69. The van der Waals surface area contributed by atoms with Crippen LogP contribution in [-0.4, -0.2) is 68.8 Å². The number of anilines is 1. The molecule has 4 aromatic heterocycles. The van der Waals surface area contributed by atoms with Gasteiger partial charge < -0.3 is 9.80 Å². The summed E-state index contributed by atoms with van der Waals surface area (Å²) in [5.74, 6) is 0.866. The molecule has 1 aliphatic rings. The Labute approximate surface area is 186 Å². The number of ketones is 1. The first-order valence-corrected chi connectivity index (χ1v) is 10.6. The fraction of sp³-hybridized carbons (Fsp3) is 0.250. The molecule has 0 saturated carbocycles. The zero-order valence-electron chi connectivity index (χ0n) is 17.8. The molecule has 160 valence electrons. The first kappa shape index (κ1) is 20.1. The summed E-state index contributed by atoms with van der Waals surface area (Å²) in [6.07, 6.45) is 8.63. The summed E-state index contributed by atoms with van der Waals surface area (Å²) >= 11 is 0. The second-order valence-electron chi connectivity index (χ2n) is 7.95. The number of likely N-dealkylation sites (N-methyl/N-ethyl adjacent to an activating group) is 1. The highest BCUT2D eigenvalue weighted by molar-refractivity contribution is 5.98. The Hall–Kier alpha value is -3.78. The Morgan fingerprint density at radius 2 is 1.78 bits per heavy atom. The van der Waals surface area contributed by atoms with Crippen LogP contribution in [-0.2, 0) is 6.42 Å². The molecule has 0 amide bonds. The van der Waals surface area contributed by atoms with Gasteiger partial charge in [0.1, 0.15) is 11.5 Å². The van der Waals surface area contributed by atoms with Gasteiger partial charge in [0.25, 0.3) is 0 Å². The molecule has 0 atom stereocenters. The number of aromatic nitrogens is 5. The highest BCUT2D eigenvalue weighted by atomic mass is 16.1. The number of hydrogen-bond donors (Lipinski definition) is 0. The lowest BCUT2D eigenvalue weighted by atomic mass is 10.1. The van der Waals surface area contributed by atoms with Crippen molar-refractivity contribution in [1.29, 1.82) is 0 Å². The number of nitrogens with zero attached hydrogens (tertiary/aromatic N) is 7. The highest BCUT2D eigenvalue weighted by Gasteiger charge is 2.17. The van der Waals surface area contributed by atoms with Crippen molar-refractivity contribution in [1.82, 2.24) is 29.8 Å². The van der Waals surface area contributed by atoms with E-state index in [1.165, 1.54) is 0 Å². The van der Waals surface area contributed by atoms with Crippen molar-refractivity contribution < 1.29 is 4.79 Å². The highest BCUT2D eigenvalue weighted by Crippen LogP contribution is 2.20. The summed E-state index contributed by atoms with van der Waals surface area (Å²) in [7, 11) is 2.12. The van der Waals surface area contributed by atoms with Gasteiger partial charge in [0.2, 0.25) is 0 Å². The summed E-state index contributed by atoms with van der Waals surface area (Å²) in [6, 6.07) is 9.38. The van der Waals surface area contributed by atoms with Gasteiger partial charge in [-0.3, -0.25) is 19.7 Å². The average Bonchev–Trinajstić information content (AvgIpc) is 2.84. The largest absolute Gasteiger partial charge is 0.354 e. The van der Waals surface area contributed by atoms with Crippen molar-refractivity contribution in [3.63, 3.8) is 0 Å². The van der Waals surface area contributed by atoms with Crippen LogP contribution in [0.1, 0.15) is 16.1 Å². The smallest absolute Gasteiger partial charge is 0.169 e. The average molecular weight is 425 g/mol. The molecule has 1 aliphatic heterocycles. The quantitative estimate of drug-likeness (QED) is 0.451. The van der Waals surface area contributed by atoms with E-state index in [1.807, 2.05) is 24.3 Å². The van der Waals surface area contributed by atoms with Gasteiger partial charge in [0.05, 0.1) is 29.5 Å². The summed E-state index contributed by atoms with van der Waals surface area (Å²) in [5, 5.41) is 0.912. The predicted molar refractivity (Wildman–Crippen MR) is 123 cm³/mol. The monoisotopic (exact) mass is 425 g/mol. The fourth-order valence-corrected chi connectivity index (χ4v) is 3.80. The van der Waals surface area contributed by atoms with Crippen LogP contribution >= 0.6 is 0 Å². The molecular formula is C24H23N7O. The molecule has 1 fully saturated rings. The van der Waals surface area contributed by atoms with Gasteiger partial charge in [-0.1, -0.05) is 0 Å². The molecule has 0 bridgehead atoms. The van der Waals surface area contributed by atoms with Crippen LogP contribution < -0.4 is 4.90 Å². The van der Waals surface area contributed by atoms with Crippen LogP contribution in [0.2, 0.25) is 0 Å². The minimum Gasteiger partial charge on any atom is -0.354 e. The van der Waals surface area contributed by atoms with Gasteiger partial charge in [0.15, 0.2) is 5.78 Å². The summed E-state index contributed by atoms with van der Waals surface area (Å²) in [4.78, 5) is 39.6. The number of Topliss-reactive ketones (excluding diaryl/α,β-unsaturated/α-hetero) is 1. The molecule has 4 aromatic rings. The van der Waals surface area contributed by atoms with Crippen molar-refractivity contribution in [2.75, 3.05) is 38.1 Å². The molecule has 0 N–H and O–H groups in total. The summed E-state index contributed by atoms with van der Waals surface area (Å²) in [6.45, 7) is 3.80. The number of rotatable bonds is 5. The van der Waals surface area contributed by atoms with E-state index >= 15 is 0 Å². The second-order valence-corrected chi connectivity index (χ2v) is 7.95. The lowest BCUT2D eigenvalue weighted by molar-refractivity contribution is 0.0992. The van der Waals surface area contributed by atoms with E-state index in [2.05, 4.69) is 36.8 Å². The Balaban J connectivity index is 1.36. The van der Waals surface area contributed by atoms with Crippen molar-refractivity contribution in [2.45, 2.75) is 6.42 Å². The molecule has 0 spiro atoms. The van der Waals surface area contributed by atoms with Crippen LogP contribution in [0.25, 0.3) is 22.3 Å². The van der Waals surface area contributed by atoms with Crippen LogP contribution in [0.15, 0.2) is 61.3 Å². The van der Waals surface area contributed by atoms with Gasteiger partial charge in [-0.05, 0) is 37.4 Å². The molecule has 0 aliphatic carbocycles. The molecular weight excluding hydrogens is 402 g/mol. The van der Waals surface area contributed by atoms with Crippen LogP contribution in [0.5, 0.6) is 0 Å². The minimum absolute atomic E-state index is 0.0136. The van der Waals surface area contributed by atoms with Gasteiger partial charge in [-0.15, -0.1) is 0 Å². The lowest BCUT2D eigenvalue weighted by Gasteiger charge is -2.33. The molecule has 1 saturated heterocycles. The van der Waals surface area contributed by atoms with Gasteiger partial charge in [0, 0.05) is 61.9 Å². The topological polar surface area (TPSA) is 88.0 Å². The molecule has 0 radical (unpaired) electrons. The Bertz CT molecular complexity index is 1250. The van der Waals surface area contributed by atoms with Crippen LogP contribution in [0, 0.1) is 0 Å². The minimum atomic E-state index is 0.0136. The normalized spacial score (nSPS) is 14.6. The van der Waals surface area contributed by atoms with E-state index in [-0.39, 0.29) is 12.2 Å². The van der Waals surface area contributed by atoms with E-state index in [0.29, 0.717) is 17.0 Å². The number of pyridine rings is 3. The summed E-state index contributed by atoms with van der Waals surface area (Å²) < 4.78 is 0. The van der Waals surface area contributed by atoms with E-state index in [9.17, 15) is 4.79 Å². The van der Waals surface area contributed by atoms with Crippen LogP contribution in [0.3, 0.4) is 0 Å². The van der Waals surface area contributed by atoms with Crippen LogP contribution in [0.4, 0.5) is 5.82 Å². The molecule has 8 nitrogen and oxygen atoms in total. The number of fused-ring (bicyclic) bond motifs is 1. The molecule has 32 heavy (non-hydrogen) atoms. The number of hydrogen-bond acceptors (Lipinski definition) is 8. The van der Waals surface area contributed by atoms with Gasteiger partial charge in [-0.2, -0.15) is 0 Å². The van der Waals surface area contributed by atoms with E-state index in [4.69, 9.17) is 4.98 Å². The third-order valence-corrected chi connectivity index (χ3v) is 5.69. The maximum Gasteiger partial charge on any atom is 0.169 e. The third kappa shape index (κ3) is 4.31. The first-order chi connectivity index (χ1) is 15.7. The standard InChI is InChI=1S/C24H23N7O/c1-30-8-10-31(11-9-30)24-12-17(4-5-27-24)23(32)14-19-13-21-18(15-28-19)2-3-20(29-21)22-16-25-6-7-26-22/h2-7,12-13,15-16H,8-11,14H2,1H3. The maximum absolute atomic E-state index is 13.0. The van der Waals surface area contributed by atoms with E-state index in [1.54, 1.807) is 37.1 Å². The van der Waals surface area contributed by atoms with Gasteiger partial charge >= 0.3 is 0 Å². The van der Waals surface area contributed by atoms with E-state index < -0.39 is 0 Å². The molecule has 0 aromatic carbocycles. The van der Waals surface area contributed by atoms with Crippen molar-refractivity contribution in [3.05, 3.63) is 72.6 Å². The lowest BCUT2D eigenvalue weighted by Crippen LogP contribution is -2.44. The zero-order valence-corrected chi connectivity index (χ0v) is 17.8. The van der Waals surface area contributed by atoms with E-state index in [0.717, 1.165) is 48.6 Å². The van der Waals surface area contributed by atoms with Crippen molar-refractivity contribution >= 4 is 22.5 Å². The predicted octanol–water partition coefficient (Wildman–Crippen LogP) is 2.66. The second kappa shape index (κ2) is 8.76. The molecule has 5 rings (SSSR count). The molecule has 0 unspecified atom stereocenters. The van der Waals surface area contributed by atoms with Gasteiger partial charge in [-0.25, -0.2) is 9.97 Å². The van der Waals surface area contributed by atoms with Crippen molar-refractivity contribution in [3.8, 4) is 11.4 Å². The number of carbonyl (C=O) groups is 1. The zero-order chi connectivity index (χ0) is 21.9.